The molecule has 0 atom stereocenters. The highest BCUT2D eigenvalue weighted by molar-refractivity contribution is 7.19. The number of fused-ring (bicyclic) bond motifs is 1. The number of non-ortho nitro benzene ring substituents is 1. The van der Waals surface area contributed by atoms with Gasteiger partial charge in [-0.3, -0.25) is 10.1 Å². The minimum absolute atomic E-state index is 0.0217. The second-order valence-corrected chi connectivity index (χ2v) is 5.41. The molecule has 0 fully saturated rings. The van der Waals surface area contributed by atoms with Crippen LogP contribution in [-0.4, -0.2) is 9.91 Å². The van der Waals surface area contributed by atoms with Gasteiger partial charge in [-0.2, -0.15) is 0 Å². The first-order valence-corrected chi connectivity index (χ1v) is 6.92. The molecule has 1 aromatic heterocycles. The van der Waals surface area contributed by atoms with Crippen LogP contribution in [0.15, 0.2) is 42.5 Å². The molecule has 3 aromatic rings. The smallest absolute Gasteiger partial charge is 0.258 e. The van der Waals surface area contributed by atoms with Crippen LogP contribution in [0.5, 0.6) is 0 Å². The molecule has 21 heavy (non-hydrogen) atoms. The third kappa shape index (κ3) is 2.95. The van der Waals surface area contributed by atoms with Crippen LogP contribution in [0.4, 0.5) is 10.1 Å². The first-order valence-electron chi connectivity index (χ1n) is 6.10. The number of thiazole rings is 1. The Bertz CT molecular complexity index is 858. The summed E-state index contributed by atoms with van der Waals surface area (Å²) in [5, 5.41) is 11.4. The SMILES string of the molecule is O=[N+]([O-])c1ccc2sc(/C=C/c3cccc(F)c3)nc2c1. The number of nitro groups is 1. The van der Waals surface area contributed by atoms with E-state index in [4.69, 9.17) is 0 Å². The summed E-state index contributed by atoms with van der Waals surface area (Å²) in [4.78, 5) is 14.6. The highest BCUT2D eigenvalue weighted by Gasteiger charge is 2.09. The second-order valence-electron chi connectivity index (χ2n) is 4.35. The Hall–Kier alpha value is -2.60. The summed E-state index contributed by atoms with van der Waals surface area (Å²) in [6.07, 6.45) is 3.53. The summed E-state index contributed by atoms with van der Waals surface area (Å²) < 4.78 is 13.9. The molecule has 0 radical (unpaired) electrons. The van der Waals surface area contributed by atoms with Gasteiger partial charge in [0.05, 0.1) is 15.1 Å². The van der Waals surface area contributed by atoms with Gasteiger partial charge in [-0.25, -0.2) is 9.37 Å². The van der Waals surface area contributed by atoms with Crippen LogP contribution >= 0.6 is 11.3 Å². The first kappa shape index (κ1) is 13.4. The van der Waals surface area contributed by atoms with Gasteiger partial charge < -0.3 is 0 Å². The largest absolute Gasteiger partial charge is 0.271 e. The van der Waals surface area contributed by atoms with Crippen LogP contribution in [0.25, 0.3) is 22.4 Å². The number of nitro benzene ring substituents is 1. The minimum Gasteiger partial charge on any atom is -0.258 e. The predicted octanol–water partition coefficient (Wildman–Crippen LogP) is 4.51. The number of aromatic nitrogens is 1. The fourth-order valence-electron chi connectivity index (χ4n) is 1.90. The lowest BCUT2D eigenvalue weighted by atomic mass is 10.2. The van der Waals surface area contributed by atoms with Gasteiger partial charge in [0.2, 0.25) is 0 Å². The molecule has 104 valence electrons. The van der Waals surface area contributed by atoms with Crippen LogP contribution in [-0.2, 0) is 0 Å². The molecule has 6 heteroatoms. The predicted molar refractivity (Wildman–Crippen MR) is 81.6 cm³/mol. The van der Waals surface area contributed by atoms with E-state index >= 15 is 0 Å². The zero-order valence-electron chi connectivity index (χ0n) is 10.7. The average molecular weight is 300 g/mol. The summed E-state index contributed by atoms with van der Waals surface area (Å²) in [7, 11) is 0. The molecule has 0 N–H and O–H groups in total. The number of nitrogens with zero attached hydrogens (tertiary/aromatic N) is 2. The number of benzene rings is 2. The zero-order chi connectivity index (χ0) is 14.8. The van der Waals surface area contributed by atoms with E-state index in [-0.39, 0.29) is 11.5 Å². The summed E-state index contributed by atoms with van der Waals surface area (Å²) in [5.41, 5.74) is 1.35. The van der Waals surface area contributed by atoms with Crippen molar-refractivity contribution in [1.29, 1.82) is 0 Å². The number of halogens is 1. The van der Waals surface area contributed by atoms with Crippen molar-refractivity contribution in [3.8, 4) is 0 Å². The molecule has 4 nitrogen and oxygen atoms in total. The van der Waals surface area contributed by atoms with E-state index in [0.29, 0.717) is 5.52 Å². The molecule has 0 amide bonds. The van der Waals surface area contributed by atoms with Crippen molar-refractivity contribution in [2.24, 2.45) is 0 Å². The van der Waals surface area contributed by atoms with E-state index in [9.17, 15) is 14.5 Å². The Morgan fingerprint density at radius 3 is 2.81 bits per heavy atom. The monoisotopic (exact) mass is 300 g/mol. The van der Waals surface area contributed by atoms with Gasteiger partial charge in [0.25, 0.3) is 5.69 Å². The highest BCUT2D eigenvalue weighted by Crippen LogP contribution is 2.27. The van der Waals surface area contributed by atoms with Crippen molar-refractivity contribution >= 4 is 39.4 Å². The van der Waals surface area contributed by atoms with Crippen molar-refractivity contribution < 1.29 is 9.31 Å². The maximum atomic E-state index is 13.1. The maximum absolute atomic E-state index is 13.1. The van der Waals surface area contributed by atoms with Gasteiger partial charge in [-0.05, 0) is 29.8 Å². The van der Waals surface area contributed by atoms with E-state index in [1.54, 1.807) is 30.4 Å². The maximum Gasteiger partial charge on any atom is 0.271 e. The summed E-state index contributed by atoms with van der Waals surface area (Å²) >= 11 is 1.43. The van der Waals surface area contributed by atoms with Crippen LogP contribution in [0, 0.1) is 15.9 Å². The number of hydrogen-bond acceptors (Lipinski definition) is 4. The minimum atomic E-state index is -0.443. The van der Waals surface area contributed by atoms with Gasteiger partial charge in [0.1, 0.15) is 10.8 Å². The Labute approximate surface area is 123 Å². The zero-order valence-corrected chi connectivity index (χ0v) is 11.5. The Balaban J connectivity index is 1.92. The molecular weight excluding hydrogens is 291 g/mol. The van der Waals surface area contributed by atoms with E-state index in [2.05, 4.69) is 4.98 Å². The van der Waals surface area contributed by atoms with E-state index < -0.39 is 4.92 Å². The quantitative estimate of drug-likeness (QED) is 0.528. The third-order valence-electron chi connectivity index (χ3n) is 2.87. The van der Waals surface area contributed by atoms with E-state index in [0.717, 1.165) is 15.3 Å². The van der Waals surface area contributed by atoms with Gasteiger partial charge in [0.15, 0.2) is 0 Å². The fourth-order valence-corrected chi connectivity index (χ4v) is 2.75. The summed E-state index contributed by atoms with van der Waals surface area (Å²) in [5.74, 6) is -0.294. The molecule has 0 saturated carbocycles. The number of hydrogen-bond donors (Lipinski definition) is 0. The van der Waals surface area contributed by atoms with Crippen molar-refractivity contribution in [2.45, 2.75) is 0 Å². The lowest BCUT2D eigenvalue weighted by Gasteiger charge is -1.91. The Morgan fingerprint density at radius 1 is 1.19 bits per heavy atom. The molecule has 2 aromatic carbocycles. The average Bonchev–Trinajstić information content (AvgIpc) is 2.87. The normalized spacial score (nSPS) is 11.3. The number of rotatable bonds is 3. The first-order chi connectivity index (χ1) is 10.1. The standard InChI is InChI=1S/C15H9FN2O2S/c16-11-3-1-2-10(8-11)4-7-15-17-13-9-12(18(19)20)5-6-14(13)21-15/h1-9H/b7-4+. The Morgan fingerprint density at radius 2 is 2.05 bits per heavy atom. The van der Waals surface area contributed by atoms with Gasteiger partial charge in [-0.1, -0.05) is 18.2 Å². The molecule has 0 aliphatic rings. The van der Waals surface area contributed by atoms with Crippen molar-refractivity contribution in [1.82, 2.24) is 4.98 Å². The molecule has 0 bridgehead atoms. The van der Waals surface area contributed by atoms with Crippen molar-refractivity contribution in [2.75, 3.05) is 0 Å². The lowest BCUT2D eigenvalue weighted by molar-refractivity contribution is -0.384. The second kappa shape index (κ2) is 5.41. The summed E-state index contributed by atoms with van der Waals surface area (Å²) in [6.45, 7) is 0. The molecule has 1 heterocycles. The van der Waals surface area contributed by atoms with Crippen LogP contribution < -0.4 is 0 Å². The molecular formula is C15H9FN2O2S. The molecule has 0 aliphatic carbocycles. The van der Waals surface area contributed by atoms with Crippen LogP contribution in [0.2, 0.25) is 0 Å². The third-order valence-corrected chi connectivity index (χ3v) is 3.87. The summed E-state index contributed by atoms with van der Waals surface area (Å²) in [6, 6.07) is 10.8. The molecule has 0 spiro atoms. The van der Waals surface area contributed by atoms with Crippen LogP contribution in [0.1, 0.15) is 10.6 Å². The van der Waals surface area contributed by atoms with Crippen molar-refractivity contribution in [3.05, 3.63) is 69.0 Å². The van der Waals surface area contributed by atoms with Crippen molar-refractivity contribution in [3.63, 3.8) is 0 Å². The molecule has 3 rings (SSSR count). The Kier molecular flexibility index (Phi) is 3.45. The topological polar surface area (TPSA) is 56.0 Å². The molecule has 0 saturated heterocycles. The highest BCUT2D eigenvalue weighted by atomic mass is 32.1. The van der Waals surface area contributed by atoms with E-state index in [1.165, 1.54) is 35.6 Å². The molecule has 0 aliphatic heterocycles. The van der Waals surface area contributed by atoms with Crippen LogP contribution in [0.3, 0.4) is 0 Å². The van der Waals surface area contributed by atoms with E-state index in [1.807, 2.05) is 0 Å². The molecule has 0 unspecified atom stereocenters. The lowest BCUT2D eigenvalue weighted by Crippen LogP contribution is -1.86. The fraction of sp³-hybridized carbons (Fsp3) is 0. The van der Waals surface area contributed by atoms with Gasteiger partial charge in [0, 0.05) is 12.1 Å². The van der Waals surface area contributed by atoms with Gasteiger partial charge in [-0.15, -0.1) is 11.3 Å². The van der Waals surface area contributed by atoms with Gasteiger partial charge >= 0.3 is 0 Å².